The van der Waals surface area contributed by atoms with Crippen molar-refractivity contribution in [2.45, 2.75) is 12.6 Å². The molecule has 0 bridgehead atoms. The summed E-state index contributed by atoms with van der Waals surface area (Å²) in [7, 11) is 1.96. The van der Waals surface area contributed by atoms with Crippen LogP contribution in [-0.2, 0) is 6.54 Å². The quantitative estimate of drug-likeness (QED) is 0.902. The summed E-state index contributed by atoms with van der Waals surface area (Å²) in [5, 5.41) is 19.2. The van der Waals surface area contributed by atoms with E-state index >= 15 is 0 Å². The van der Waals surface area contributed by atoms with Gasteiger partial charge < -0.3 is 5.11 Å². The standard InChI is InChI=1S/C17H17BrN2O/c1-20(11-14-4-2-3-13(9-14)10-19)12-17(21)15-5-7-16(18)8-6-15/h2-9,17,21H,11-12H2,1H3. The highest BCUT2D eigenvalue weighted by Gasteiger charge is 2.11. The van der Waals surface area contributed by atoms with Gasteiger partial charge in [-0.15, -0.1) is 0 Å². The minimum Gasteiger partial charge on any atom is -0.387 e. The first-order valence-electron chi connectivity index (χ1n) is 6.69. The number of rotatable bonds is 5. The molecular formula is C17H17BrN2O. The lowest BCUT2D eigenvalue weighted by atomic mass is 10.1. The third-order valence-electron chi connectivity index (χ3n) is 3.25. The fraction of sp³-hybridized carbons (Fsp3) is 0.235. The molecule has 108 valence electrons. The van der Waals surface area contributed by atoms with E-state index in [-0.39, 0.29) is 0 Å². The molecule has 1 unspecified atom stereocenters. The lowest BCUT2D eigenvalue weighted by Gasteiger charge is -2.21. The summed E-state index contributed by atoms with van der Waals surface area (Å²) in [5.74, 6) is 0. The van der Waals surface area contributed by atoms with E-state index in [9.17, 15) is 5.11 Å². The molecule has 0 aliphatic heterocycles. The van der Waals surface area contributed by atoms with Crippen molar-refractivity contribution in [2.24, 2.45) is 0 Å². The van der Waals surface area contributed by atoms with Gasteiger partial charge in [0.25, 0.3) is 0 Å². The Morgan fingerprint density at radius 1 is 1.24 bits per heavy atom. The normalized spacial score (nSPS) is 12.1. The highest BCUT2D eigenvalue weighted by Crippen LogP contribution is 2.18. The van der Waals surface area contributed by atoms with E-state index in [0.717, 1.165) is 15.6 Å². The molecule has 2 aromatic rings. The summed E-state index contributed by atoms with van der Waals surface area (Å²) in [4.78, 5) is 2.04. The summed E-state index contributed by atoms with van der Waals surface area (Å²) in [5.41, 5.74) is 2.63. The number of hydrogen-bond donors (Lipinski definition) is 1. The lowest BCUT2D eigenvalue weighted by Crippen LogP contribution is -2.24. The van der Waals surface area contributed by atoms with Crippen molar-refractivity contribution >= 4 is 15.9 Å². The first kappa shape index (κ1) is 15.7. The van der Waals surface area contributed by atoms with Gasteiger partial charge in [-0.25, -0.2) is 0 Å². The molecule has 0 amide bonds. The topological polar surface area (TPSA) is 47.3 Å². The molecule has 0 aliphatic carbocycles. The van der Waals surface area contributed by atoms with Crippen molar-refractivity contribution in [2.75, 3.05) is 13.6 Å². The van der Waals surface area contributed by atoms with E-state index in [1.807, 2.05) is 54.4 Å². The van der Waals surface area contributed by atoms with Crippen LogP contribution in [0.5, 0.6) is 0 Å². The predicted molar refractivity (Wildman–Crippen MR) is 86.6 cm³/mol. The third kappa shape index (κ3) is 4.68. The molecule has 0 heterocycles. The maximum Gasteiger partial charge on any atom is 0.0991 e. The van der Waals surface area contributed by atoms with Gasteiger partial charge in [-0.05, 0) is 42.4 Å². The van der Waals surface area contributed by atoms with E-state index in [1.54, 1.807) is 6.07 Å². The first-order chi connectivity index (χ1) is 10.1. The zero-order valence-corrected chi connectivity index (χ0v) is 13.4. The zero-order valence-electron chi connectivity index (χ0n) is 11.8. The maximum atomic E-state index is 10.3. The molecule has 21 heavy (non-hydrogen) atoms. The first-order valence-corrected chi connectivity index (χ1v) is 7.49. The summed E-state index contributed by atoms with van der Waals surface area (Å²) in [6.07, 6.45) is -0.526. The molecule has 0 fully saturated rings. The van der Waals surface area contributed by atoms with Crippen LogP contribution in [0.1, 0.15) is 22.8 Å². The second-order valence-electron chi connectivity index (χ2n) is 5.08. The number of aliphatic hydroxyl groups excluding tert-OH is 1. The molecule has 0 spiro atoms. The molecule has 0 saturated heterocycles. The van der Waals surface area contributed by atoms with Crippen LogP contribution in [0.15, 0.2) is 53.0 Å². The van der Waals surface area contributed by atoms with Crippen LogP contribution >= 0.6 is 15.9 Å². The van der Waals surface area contributed by atoms with E-state index in [0.29, 0.717) is 18.7 Å². The second-order valence-corrected chi connectivity index (χ2v) is 5.99. The number of benzene rings is 2. The molecule has 1 atom stereocenters. The van der Waals surface area contributed by atoms with Gasteiger partial charge in [0.05, 0.1) is 17.7 Å². The van der Waals surface area contributed by atoms with Crippen LogP contribution in [0.25, 0.3) is 0 Å². The fourth-order valence-electron chi connectivity index (χ4n) is 2.20. The Hall–Kier alpha value is -1.67. The van der Waals surface area contributed by atoms with E-state index in [1.165, 1.54) is 0 Å². The van der Waals surface area contributed by atoms with Crippen LogP contribution in [0.4, 0.5) is 0 Å². The van der Waals surface area contributed by atoms with Gasteiger partial charge in [0.1, 0.15) is 0 Å². The number of likely N-dealkylation sites (N-methyl/N-ethyl adjacent to an activating group) is 1. The molecule has 3 nitrogen and oxygen atoms in total. The van der Waals surface area contributed by atoms with E-state index in [2.05, 4.69) is 22.0 Å². The van der Waals surface area contributed by atoms with Crippen molar-refractivity contribution < 1.29 is 5.11 Å². The molecule has 0 saturated carbocycles. The smallest absolute Gasteiger partial charge is 0.0991 e. The van der Waals surface area contributed by atoms with E-state index in [4.69, 9.17) is 5.26 Å². The Kier molecular flexibility index (Phi) is 5.51. The highest BCUT2D eigenvalue weighted by atomic mass is 79.9. The Morgan fingerprint density at radius 3 is 2.62 bits per heavy atom. The fourth-order valence-corrected chi connectivity index (χ4v) is 2.47. The van der Waals surface area contributed by atoms with Gasteiger partial charge in [0.15, 0.2) is 0 Å². The Morgan fingerprint density at radius 2 is 1.95 bits per heavy atom. The number of aliphatic hydroxyl groups is 1. The molecule has 0 radical (unpaired) electrons. The Labute approximate surface area is 133 Å². The number of halogens is 1. The summed E-state index contributed by atoms with van der Waals surface area (Å²) < 4.78 is 1.00. The Bertz CT molecular complexity index is 634. The molecule has 1 N–H and O–H groups in total. The third-order valence-corrected chi connectivity index (χ3v) is 3.78. The van der Waals surface area contributed by atoms with Gasteiger partial charge in [0.2, 0.25) is 0 Å². The molecule has 4 heteroatoms. The number of nitrogens with zero attached hydrogens (tertiary/aromatic N) is 2. The van der Waals surface area contributed by atoms with Crippen LogP contribution in [0.3, 0.4) is 0 Å². The average Bonchev–Trinajstić information content (AvgIpc) is 2.47. The second kappa shape index (κ2) is 7.37. The minimum atomic E-state index is -0.526. The van der Waals surface area contributed by atoms with Gasteiger partial charge >= 0.3 is 0 Å². The van der Waals surface area contributed by atoms with Crippen molar-refractivity contribution in [1.82, 2.24) is 4.90 Å². The van der Waals surface area contributed by atoms with Gasteiger partial charge in [0, 0.05) is 17.6 Å². The number of nitriles is 1. The number of hydrogen-bond acceptors (Lipinski definition) is 3. The molecular weight excluding hydrogens is 328 g/mol. The highest BCUT2D eigenvalue weighted by molar-refractivity contribution is 9.10. The molecule has 2 rings (SSSR count). The summed E-state index contributed by atoms with van der Waals surface area (Å²) >= 11 is 3.38. The van der Waals surface area contributed by atoms with Gasteiger partial charge in [-0.3, -0.25) is 4.90 Å². The van der Waals surface area contributed by atoms with Crippen molar-refractivity contribution in [3.63, 3.8) is 0 Å². The monoisotopic (exact) mass is 344 g/mol. The average molecular weight is 345 g/mol. The van der Waals surface area contributed by atoms with Crippen molar-refractivity contribution in [3.05, 3.63) is 69.7 Å². The van der Waals surface area contributed by atoms with Crippen molar-refractivity contribution in [1.29, 1.82) is 5.26 Å². The van der Waals surface area contributed by atoms with Gasteiger partial charge in [-0.1, -0.05) is 40.2 Å². The Balaban J connectivity index is 1.96. The predicted octanol–water partition coefficient (Wildman–Crippen LogP) is 3.49. The zero-order chi connectivity index (χ0) is 15.2. The lowest BCUT2D eigenvalue weighted by molar-refractivity contribution is 0.124. The summed E-state index contributed by atoms with van der Waals surface area (Å²) in [6.45, 7) is 1.24. The van der Waals surface area contributed by atoms with Gasteiger partial charge in [-0.2, -0.15) is 5.26 Å². The maximum absolute atomic E-state index is 10.3. The van der Waals surface area contributed by atoms with Crippen LogP contribution < -0.4 is 0 Å². The molecule has 0 aliphatic rings. The summed E-state index contributed by atoms with van der Waals surface area (Å²) in [6, 6.07) is 17.4. The molecule has 0 aromatic heterocycles. The minimum absolute atomic E-state index is 0.526. The van der Waals surface area contributed by atoms with Crippen LogP contribution in [0.2, 0.25) is 0 Å². The molecule has 2 aromatic carbocycles. The largest absolute Gasteiger partial charge is 0.387 e. The van der Waals surface area contributed by atoms with Crippen LogP contribution in [-0.4, -0.2) is 23.6 Å². The van der Waals surface area contributed by atoms with Crippen molar-refractivity contribution in [3.8, 4) is 6.07 Å². The SMILES string of the molecule is CN(Cc1cccc(C#N)c1)CC(O)c1ccc(Br)cc1. The van der Waals surface area contributed by atoms with Crippen LogP contribution in [0, 0.1) is 11.3 Å². The van der Waals surface area contributed by atoms with E-state index < -0.39 is 6.10 Å².